The molecule has 0 radical (unpaired) electrons. The molecule has 1 aliphatic rings. The lowest BCUT2D eigenvalue weighted by Crippen LogP contribution is -2.45. The number of benzene rings is 2. The molecule has 0 saturated heterocycles. The second-order valence-electron chi connectivity index (χ2n) is 10.9. The number of fused-ring (bicyclic) bond motifs is 1. The number of amides is 2. The van der Waals surface area contributed by atoms with Gasteiger partial charge in [0.05, 0.1) is 5.56 Å². The second-order valence-corrected chi connectivity index (χ2v) is 10.9. The number of nitrogens with one attached hydrogen (secondary N) is 3. The number of hydrogen-bond donors (Lipinski definition) is 3. The summed E-state index contributed by atoms with van der Waals surface area (Å²) in [4.78, 5) is 29.0. The van der Waals surface area contributed by atoms with Crippen LogP contribution in [-0.4, -0.2) is 35.2 Å². The minimum atomic E-state index is -0.602. The molecule has 0 unspecified atom stereocenters. The first-order chi connectivity index (χ1) is 18.1. The van der Waals surface area contributed by atoms with E-state index in [1.165, 1.54) is 12.1 Å². The molecule has 3 aromatic rings. The number of unbranched alkanes of at least 4 members (excludes halogenated alkanes) is 1. The monoisotopic (exact) mass is 517 g/mol. The Hall–Kier alpha value is -3.79. The van der Waals surface area contributed by atoms with Crippen molar-refractivity contribution in [3.63, 3.8) is 0 Å². The zero-order chi connectivity index (χ0) is 27.3. The van der Waals surface area contributed by atoms with Gasteiger partial charge in [0.1, 0.15) is 17.1 Å². The van der Waals surface area contributed by atoms with Gasteiger partial charge in [0.2, 0.25) is 0 Å². The summed E-state index contributed by atoms with van der Waals surface area (Å²) in [6.07, 6.45) is 4.27. The number of rotatable bonds is 8. The third kappa shape index (κ3) is 7.38. The van der Waals surface area contributed by atoms with E-state index in [0.29, 0.717) is 17.2 Å². The summed E-state index contributed by atoms with van der Waals surface area (Å²) in [6.45, 7) is 7.80. The average molecular weight is 518 g/mol. The van der Waals surface area contributed by atoms with E-state index in [-0.39, 0.29) is 24.3 Å². The maximum Gasteiger partial charge on any atom is 0.407 e. The highest BCUT2D eigenvalue weighted by Crippen LogP contribution is 2.30. The Morgan fingerprint density at radius 1 is 1.13 bits per heavy atom. The molecular weight excluding hydrogens is 481 g/mol. The predicted octanol–water partition coefficient (Wildman–Crippen LogP) is 6.55. The van der Waals surface area contributed by atoms with Crippen LogP contribution in [0.1, 0.15) is 75.9 Å². The van der Waals surface area contributed by atoms with Crippen molar-refractivity contribution in [1.29, 1.82) is 0 Å². The molecule has 2 amide bonds. The van der Waals surface area contributed by atoms with Gasteiger partial charge in [-0.05, 0) is 69.4 Å². The Labute approximate surface area is 223 Å². The minimum Gasteiger partial charge on any atom is -0.444 e. The Balaban J connectivity index is 1.56. The molecule has 200 valence electrons. The van der Waals surface area contributed by atoms with Crippen molar-refractivity contribution in [2.24, 2.45) is 5.92 Å². The van der Waals surface area contributed by atoms with Crippen molar-refractivity contribution in [2.45, 2.75) is 71.4 Å². The van der Waals surface area contributed by atoms with E-state index >= 15 is 0 Å². The number of aromatic nitrogens is 1. The highest BCUT2D eigenvalue weighted by Gasteiger charge is 2.23. The molecule has 6 nitrogen and oxygen atoms in total. The van der Waals surface area contributed by atoms with Crippen LogP contribution in [0.15, 0.2) is 42.5 Å². The molecule has 4 rings (SSSR count). The molecule has 3 N–H and O–H groups in total. The highest BCUT2D eigenvalue weighted by atomic mass is 19.1. The van der Waals surface area contributed by atoms with Crippen LogP contribution < -0.4 is 10.6 Å². The number of hydrogen-bond acceptors (Lipinski definition) is 3. The van der Waals surface area contributed by atoms with Gasteiger partial charge in [-0.1, -0.05) is 55.9 Å². The van der Waals surface area contributed by atoms with Crippen molar-refractivity contribution in [2.75, 3.05) is 6.54 Å². The van der Waals surface area contributed by atoms with Gasteiger partial charge in [-0.3, -0.25) is 4.79 Å². The molecule has 0 bridgehead atoms. The van der Waals surface area contributed by atoms with Crippen LogP contribution in [-0.2, 0) is 4.74 Å². The fourth-order valence-electron chi connectivity index (χ4n) is 4.18. The van der Waals surface area contributed by atoms with Gasteiger partial charge in [0.25, 0.3) is 5.91 Å². The highest BCUT2D eigenvalue weighted by molar-refractivity contribution is 6.03. The number of alkyl carbamates (subject to hydrolysis) is 1. The van der Waals surface area contributed by atoms with Gasteiger partial charge in [0, 0.05) is 29.4 Å². The van der Waals surface area contributed by atoms with E-state index in [4.69, 9.17) is 4.74 Å². The second kappa shape index (κ2) is 11.7. The molecule has 1 saturated carbocycles. The van der Waals surface area contributed by atoms with Crippen molar-refractivity contribution in [1.82, 2.24) is 15.6 Å². The Bertz CT molecular complexity index is 1360. The summed E-state index contributed by atoms with van der Waals surface area (Å²) in [6, 6.07) is 11.9. The summed E-state index contributed by atoms with van der Waals surface area (Å²) >= 11 is 0. The molecule has 38 heavy (non-hydrogen) atoms. The number of H-pyrrole nitrogens is 1. The third-order valence-electron chi connectivity index (χ3n) is 6.32. The van der Waals surface area contributed by atoms with Crippen LogP contribution in [0.5, 0.6) is 0 Å². The maximum atomic E-state index is 13.4. The molecular formula is C31H36FN3O3. The number of halogens is 1. The van der Waals surface area contributed by atoms with Gasteiger partial charge in [0.15, 0.2) is 0 Å². The van der Waals surface area contributed by atoms with Gasteiger partial charge in [-0.15, -0.1) is 0 Å². The molecule has 1 heterocycles. The van der Waals surface area contributed by atoms with Crippen LogP contribution >= 0.6 is 0 Å². The van der Waals surface area contributed by atoms with Crippen molar-refractivity contribution in [3.8, 4) is 23.0 Å². The molecule has 1 aliphatic carbocycles. The summed E-state index contributed by atoms with van der Waals surface area (Å²) in [7, 11) is 0. The van der Waals surface area contributed by atoms with Gasteiger partial charge in [-0.25, -0.2) is 9.18 Å². The maximum absolute atomic E-state index is 13.4. The van der Waals surface area contributed by atoms with Gasteiger partial charge in [-0.2, -0.15) is 0 Å². The van der Waals surface area contributed by atoms with Crippen LogP contribution in [0.2, 0.25) is 0 Å². The van der Waals surface area contributed by atoms with Crippen LogP contribution in [0.4, 0.5) is 9.18 Å². The summed E-state index contributed by atoms with van der Waals surface area (Å²) < 4.78 is 18.8. The number of carbonyl (C=O) groups excluding carboxylic acids is 2. The quantitative estimate of drug-likeness (QED) is 0.296. The largest absolute Gasteiger partial charge is 0.444 e. The molecule has 2 aromatic carbocycles. The Morgan fingerprint density at radius 2 is 1.84 bits per heavy atom. The van der Waals surface area contributed by atoms with Crippen molar-refractivity contribution in [3.05, 3.63) is 59.5 Å². The number of carbonyl (C=O) groups is 2. The SMILES string of the molecule is CCCC[C@@H](CNC(=O)c1[nH]c2cc(-c3ccc(F)cc3)ccc2c1C#CC1CC1)NC(=O)OC(C)(C)C. The Morgan fingerprint density at radius 3 is 2.50 bits per heavy atom. The van der Waals surface area contributed by atoms with Crippen LogP contribution in [0.25, 0.3) is 22.0 Å². The normalized spacial score (nSPS) is 13.9. The van der Waals surface area contributed by atoms with Crippen molar-refractivity contribution < 1.29 is 18.7 Å². The number of ether oxygens (including phenoxy) is 1. The van der Waals surface area contributed by atoms with E-state index in [9.17, 15) is 14.0 Å². The topological polar surface area (TPSA) is 83.2 Å². The fraction of sp³-hybridized carbons (Fsp3) is 0.419. The van der Waals surface area contributed by atoms with Gasteiger partial charge < -0.3 is 20.4 Å². The van der Waals surface area contributed by atoms with E-state index in [1.807, 2.05) is 39.0 Å². The molecule has 0 spiro atoms. The first kappa shape index (κ1) is 27.3. The lowest BCUT2D eigenvalue weighted by atomic mass is 10.0. The van der Waals surface area contributed by atoms with Crippen LogP contribution in [0.3, 0.4) is 0 Å². The minimum absolute atomic E-state index is 0.260. The Kier molecular flexibility index (Phi) is 8.41. The van der Waals surface area contributed by atoms with E-state index in [2.05, 4.69) is 34.4 Å². The van der Waals surface area contributed by atoms with E-state index in [1.54, 1.807) is 12.1 Å². The van der Waals surface area contributed by atoms with E-state index < -0.39 is 11.7 Å². The average Bonchev–Trinajstić information content (AvgIpc) is 3.62. The smallest absolute Gasteiger partial charge is 0.407 e. The molecule has 1 aromatic heterocycles. The third-order valence-corrected chi connectivity index (χ3v) is 6.32. The first-order valence-corrected chi connectivity index (χ1v) is 13.3. The standard InChI is InChI=1S/C31H36FN3O3/c1-5-6-7-24(34-30(37)38-31(2,3)4)19-33-29(36)28-26(16-10-20-8-9-20)25-17-13-22(18-27(25)35-28)21-11-14-23(32)15-12-21/h11-15,17-18,20,24,35H,5-9,19H2,1-4H3,(H,33,36)(H,34,37)/t24-/m0/s1. The van der Waals surface area contributed by atoms with Gasteiger partial charge >= 0.3 is 6.09 Å². The molecule has 7 heteroatoms. The fourth-order valence-corrected chi connectivity index (χ4v) is 4.18. The molecule has 1 atom stereocenters. The molecule has 1 fully saturated rings. The summed E-state index contributed by atoms with van der Waals surface area (Å²) in [5.74, 6) is 6.33. The number of aromatic amines is 1. The predicted molar refractivity (Wildman–Crippen MR) is 148 cm³/mol. The zero-order valence-electron chi connectivity index (χ0n) is 22.5. The molecule has 0 aliphatic heterocycles. The van der Waals surface area contributed by atoms with E-state index in [0.717, 1.165) is 54.1 Å². The first-order valence-electron chi connectivity index (χ1n) is 13.3. The lowest BCUT2D eigenvalue weighted by Gasteiger charge is -2.24. The van der Waals surface area contributed by atoms with Crippen LogP contribution in [0, 0.1) is 23.6 Å². The zero-order valence-corrected chi connectivity index (χ0v) is 22.5. The summed E-state index contributed by atoms with van der Waals surface area (Å²) in [5.41, 5.74) is 3.04. The van der Waals surface area contributed by atoms with Crippen molar-refractivity contribution >= 4 is 22.9 Å². The lowest BCUT2D eigenvalue weighted by molar-refractivity contribution is 0.0498. The summed E-state index contributed by atoms with van der Waals surface area (Å²) in [5, 5.41) is 6.74.